The number of thiophene rings is 1. The molecule has 0 aliphatic heterocycles. The van der Waals surface area contributed by atoms with Crippen molar-refractivity contribution in [3.63, 3.8) is 0 Å². The molecule has 0 bridgehead atoms. The standard InChI is InChI=1S/C51H34N2S/c1-2-48-52-43-23-11-12-24-45(43)53(48)44-30-29-38(34-17-6-7-18-35(34)44)49-36-19-8-9-20-37(36)50(42-31-33(27-28-39(42)49)32-15-4-3-5-16-32)41-22-14-26-47-51(41)40-21-10-13-25-46(40)54-47/h3-31H,2H2,1H3/i1D3,2D2. The van der Waals surface area contributed by atoms with Crippen molar-refractivity contribution in [2.24, 2.45) is 0 Å². The molecule has 0 saturated carbocycles. The first kappa shape index (κ1) is 26.3. The van der Waals surface area contributed by atoms with E-state index in [1.165, 1.54) is 31.3 Å². The first-order chi connectivity index (χ1) is 28.7. The van der Waals surface area contributed by atoms with Gasteiger partial charge in [0.1, 0.15) is 5.82 Å². The number of benzene rings is 9. The highest BCUT2D eigenvalue weighted by atomic mass is 32.1. The molecule has 2 nitrogen and oxygen atoms in total. The van der Waals surface area contributed by atoms with Gasteiger partial charge in [0, 0.05) is 38.8 Å². The van der Waals surface area contributed by atoms with Gasteiger partial charge in [0.05, 0.1) is 16.7 Å². The van der Waals surface area contributed by atoms with Crippen molar-refractivity contribution in [1.29, 1.82) is 0 Å². The lowest BCUT2D eigenvalue weighted by atomic mass is 9.83. The Kier molecular flexibility index (Phi) is 5.96. The summed E-state index contributed by atoms with van der Waals surface area (Å²) in [6.07, 6.45) is -2.72. The molecule has 54 heavy (non-hydrogen) atoms. The summed E-state index contributed by atoms with van der Waals surface area (Å²) in [6, 6.07) is 61.0. The second-order valence-electron chi connectivity index (χ2n) is 13.8. The molecule has 0 atom stereocenters. The van der Waals surface area contributed by atoms with E-state index in [1.807, 2.05) is 59.9 Å². The third kappa shape index (κ3) is 4.62. The van der Waals surface area contributed by atoms with Crippen LogP contribution >= 0.6 is 11.3 Å². The Balaban J connectivity index is 1.25. The molecule has 0 aliphatic carbocycles. The fourth-order valence-corrected chi connectivity index (χ4v) is 9.73. The highest BCUT2D eigenvalue weighted by Crippen LogP contribution is 2.50. The summed E-state index contributed by atoms with van der Waals surface area (Å²) in [5, 5.41) is 8.83. The zero-order valence-electron chi connectivity index (χ0n) is 34.0. The van der Waals surface area contributed by atoms with E-state index >= 15 is 0 Å². The Morgan fingerprint density at radius 1 is 0.519 bits per heavy atom. The molecule has 0 N–H and O–H groups in total. The van der Waals surface area contributed by atoms with E-state index < -0.39 is 13.2 Å². The third-order valence-electron chi connectivity index (χ3n) is 10.9. The Hall–Kier alpha value is -6.55. The monoisotopic (exact) mass is 711 g/mol. The summed E-state index contributed by atoms with van der Waals surface area (Å²) < 4.78 is 46.6. The van der Waals surface area contributed by atoms with Gasteiger partial charge in [-0.2, -0.15) is 0 Å². The smallest absolute Gasteiger partial charge is 0.114 e. The van der Waals surface area contributed by atoms with Gasteiger partial charge in [0.25, 0.3) is 0 Å². The van der Waals surface area contributed by atoms with E-state index in [2.05, 4.69) is 126 Å². The lowest BCUT2D eigenvalue weighted by molar-refractivity contribution is 0.913. The molecule has 3 heteroatoms. The number of rotatable bonds is 5. The summed E-state index contributed by atoms with van der Waals surface area (Å²) in [5.74, 6) is -0.152. The molecule has 0 spiro atoms. The van der Waals surface area contributed by atoms with Gasteiger partial charge in [-0.1, -0.05) is 146 Å². The van der Waals surface area contributed by atoms with Crippen LogP contribution in [0.15, 0.2) is 176 Å². The third-order valence-corrected chi connectivity index (χ3v) is 12.0. The lowest BCUT2D eigenvalue weighted by Crippen LogP contribution is -2.01. The van der Waals surface area contributed by atoms with Crippen LogP contribution in [0.1, 0.15) is 19.5 Å². The molecule has 2 aromatic heterocycles. The number of aryl methyl sites for hydroxylation is 1. The number of nitrogens with zero attached hydrogens (tertiary/aromatic N) is 2. The van der Waals surface area contributed by atoms with Gasteiger partial charge >= 0.3 is 0 Å². The minimum atomic E-state index is -2.94. The molecule has 0 unspecified atom stereocenters. The molecule has 0 radical (unpaired) electrons. The molecule has 11 aromatic rings. The Bertz CT molecular complexity index is 3470. The molecule has 0 amide bonds. The van der Waals surface area contributed by atoms with Crippen LogP contribution in [0.25, 0.3) is 103 Å². The van der Waals surface area contributed by atoms with Crippen molar-refractivity contribution in [3.05, 3.63) is 182 Å². The van der Waals surface area contributed by atoms with Crippen LogP contribution in [0, 0.1) is 0 Å². The summed E-state index contributed by atoms with van der Waals surface area (Å²) >= 11 is 1.83. The van der Waals surface area contributed by atoms with Gasteiger partial charge in [0.15, 0.2) is 0 Å². The minimum absolute atomic E-state index is 0.152. The second-order valence-corrected chi connectivity index (χ2v) is 14.8. The van der Waals surface area contributed by atoms with Gasteiger partial charge < -0.3 is 0 Å². The predicted octanol–water partition coefficient (Wildman–Crippen LogP) is 14.4. The van der Waals surface area contributed by atoms with Gasteiger partial charge in [-0.3, -0.25) is 4.57 Å². The van der Waals surface area contributed by atoms with Crippen molar-refractivity contribution < 1.29 is 6.85 Å². The Morgan fingerprint density at radius 2 is 1.19 bits per heavy atom. The summed E-state index contributed by atoms with van der Waals surface area (Å²) in [5.41, 5.74) is 8.60. The van der Waals surface area contributed by atoms with E-state index in [4.69, 9.17) is 6.85 Å². The maximum Gasteiger partial charge on any atom is 0.114 e. The first-order valence-corrected chi connectivity index (χ1v) is 19.0. The van der Waals surface area contributed by atoms with E-state index in [0.29, 0.717) is 16.7 Å². The van der Waals surface area contributed by atoms with Crippen LogP contribution in [0.2, 0.25) is 0 Å². The second kappa shape index (κ2) is 12.3. The van der Waals surface area contributed by atoms with Gasteiger partial charge in [-0.25, -0.2) is 4.98 Å². The molecule has 2 heterocycles. The van der Waals surface area contributed by atoms with E-state index in [1.54, 1.807) is 10.6 Å². The summed E-state index contributed by atoms with van der Waals surface area (Å²) in [4.78, 5) is 4.63. The van der Waals surface area contributed by atoms with Crippen LogP contribution < -0.4 is 0 Å². The van der Waals surface area contributed by atoms with Gasteiger partial charge in [0.2, 0.25) is 0 Å². The number of aromatic nitrogens is 2. The quantitative estimate of drug-likeness (QED) is 0.163. The molecule has 254 valence electrons. The van der Waals surface area contributed by atoms with E-state index in [0.717, 1.165) is 54.6 Å². The Morgan fingerprint density at radius 3 is 2.02 bits per heavy atom. The Labute approximate surface area is 324 Å². The fourth-order valence-electron chi connectivity index (χ4n) is 8.60. The summed E-state index contributed by atoms with van der Waals surface area (Å²) in [7, 11) is 0. The number of hydrogen-bond acceptors (Lipinski definition) is 2. The van der Waals surface area contributed by atoms with Gasteiger partial charge in [-0.05, 0) is 96.7 Å². The fraction of sp³-hybridized carbons (Fsp3) is 0.0392. The lowest BCUT2D eigenvalue weighted by Gasteiger charge is -2.21. The average molecular weight is 712 g/mol. The maximum absolute atomic E-state index is 8.88. The van der Waals surface area contributed by atoms with Crippen LogP contribution in [0.3, 0.4) is 0 Å². The van der Waals surface area contributed by atoms with Crippen molar-refractivity contribution in [1.82, 2.24) is 9.55 Å². The van der Waals surface area contributed by atoms with Crippen molar-refractivity contribution in [2.75, 3.05) is 0 Å². The molecular weight excluding hydrogens is 673 g/mol. The SMILES string of the molecule is [2H]C([2H])([2H])C([2H])([2H])c1nc2ccccc2n1-c1ccc(-c2c3ccccc3c(-c3cccc4sc5ccccc5c34)c3cc(-c4ccccc4)ccc23)c2ccccc12. The molecule has 11 rings (SSSR count). The largest absolute Gasteiger partial charge is 0.296 e. The molecule has 9 aromatic carbocycles. The zero-order valence-corrected chi connectivity index (χ0v) is 29.9. The zero-order chi connectivity index (χ0) is 40.0. The van der Waals surface area contributed by atoms with Crippen LogP contribution in [-0.4, -0.2) is 9.55 Å². The van der Waals surface area contributed by atoms with Crippen molar-refractivity contribution in [3.8, 4) is 39.1 Å². The van der Waals surface area contributed by atoms with Gasteiger partial charge in [-0.15, -0.1) is 11.3 Å². The van der Waals surface area contributed by atoms with E-state index in [-0.39, 0.29) is 5.82 Å². The average Bonchev–Trinajstić information content (AvgIpc) is 3.85. The minimum Gasteiger partial charge on any atom is -0.296 e. The van der Waals surface area contributed by atoms with Crippen LogP contribution in [-0.2, 0) is 6.37 Å². The molecule has 0 aliphatic rings. The molecular formula is C51H34N2S. The molecule has 0 fully saturated rings. The van der Waals surface area contributed by atoms with E-state index in [9.17, 15) is 0 Å². The highest BCUT2D eigenvalue weighted by Gasteiger charge is 2.22. The van der Waals surface area contributed by atoms with Crippen LogP contribution in [0.5, 0.6) is 0 Å². The highest BCUT2D eigenvalue weighted by molar-refractivity contribution is 7.26. The topological polar surface area (TPSA) is 17.8 Å². The van der Waals surface area contributed by atoms with Crippen molar-refractivity contribution >= 4 is 74.9 Å². The normalized spacial score (nSPS) is 13.7. The number of hydrogen-bond donors (Lipinski definition) is 0. The van der Waals surface area contributed by atoms with Crippen molar-refractivity contribution in [2.45, 2.75) is 13.2 Å². The number of imidazole rings is 1. The predicted molar refractivity (Wildman–Crippen MR) is 232 cm³/mol. The summed E-state index contributed by atoms with van der Waals surface area (Å²) in [6.45, 7) is -2.94. The maximum atomic E-state index is 8.88. The molecule has 0 saturated heterocycles. The van der Waals surface area contributed by atoms with Crippen LogP contribution in [0.4, 0.5) is 0 Å². The number of para-hydroxylation sites is 2. The first-order valence-electron chi connectivity index (χ1n) is 20.6. The number of fused-ring (bicyclic) bond motifs is 7.